The van der Waals surface area contributed by atoms with E-state index in [1.165, 1.54) is 11.3 Å². The Balaban J connectivity index is 1.34. The Hall–Kier alpha value is -6.80. The van der Waals surface area contributed by atoms with E-state index in [2.05, 4.69) is 26.6 Å². The molecule has 13 nitrogen and oxygen atoms in total. The highest BCUT2D eigenvalue weighted by Crippen LogP contribution is 2.21. The maximum atomic E-state index is 14.5. The third-order valence-corrected chi connectivity index (χ3v) is 10.6. The number of aryl methyl sites for hydroxylation is 1. The number of carbonyl (C=O) groups is 6. The van der Waals surface area contributed by atoms with Gasteiger partial charge in [0.2, 0.25) is 23.6 Å². The molecule has 4 unspecified atom stereocenters. The molecule has 4 atom stereocenters. The van der Waals surface area contributed by atoms with Gasteiger partial charge in [0.25, 0.3) is 5.91 Å². The fourth-order valence-corrected chi connectivity index (χ4v) is 7.38. The van der Waals surface area contributed by atoms with E-state index < -0.39 is 72.8 Å². The van der Waals surface area contributed by atoms with Gasteiger partial charge in [-0.25, -0.2) is 0 Å². The van der Waals surface area contributed by atoms with E-state index >= 15 is 0 Å². The number of ether oxygens (including phenoxy) is 1. The summed E-state index contributed by atoms with van der Waals surface area (Å²) in [7, 11) is 0. The molecule has 4 aromatic carbocycles. The molecular weight excluding hydrogens is 771 g/mol. The number of nitrogens with one attached hydrogen (secondary N) is 5. The van der Waals surface area contributed by atoms with Gasteiger partial charge >= 0.3 is 5.97 Å². The van der Waals surface area contributed by atoms with Gasteiger partial charge in [0, 0.05) is 24.1 Å². The third-order valence-electron chi connectivity index (χ3n) is 9.75. The first kappa shape index (κ1) is 41.8. The summed E-state index contributed by atoms with van der Waals surface area (Å²) in [6.45, 7) is -1.08. The van der Waals surface area contributed by atoms with Crippen molar-refractivity contribution < 1.29 is 38.6 Å². The van der Waals surface area contributed by atoms with Crippen molar-refractivity contribution in [2.24, 2.45) is 0 Å². The number of benzene rings is 4. The molecule has 6 N–H and O–H groups in total. The summed E-state index contributed by atoms with van der Waals surface area (Å²) in [5.74, 6) is -4.18. The average Bonchev–Trinajstić information content (AvgIpc) is 3.77. The second kappa shape index (κ2) is 20.6. The Morgan fingerprint density at radius 3 is 1.95 bits per heavy atom. The first-order valence-electron chi connectivity index (χ1n) is 19.2. The lowest BCUT2D eigenvalue weighted by molar-refractivity contribution is -0.138. The van der Waals surface area contributed by atoms with Crippen molar-refractivity contribution in [1.29, 1.82) is 0 Å². The molecule has 3 heterocycles. The van der Waals surface area contributed by atoms with Crippen LogP contribution in [0.25, 0.3) is 11.1 Å². The van der Waals surface area contributed by atoms with E-state index in [1.54, 1.807) is 24.3 Å². The lowest BCUT2D eigenvalue weighted by Gasteiger charge is -2.27. The number of rotatable bonds is 11. The molecule has 0 aliphatic carbocycles. The van der Waals surface area contributed by atoms with Crippen LogP contribution in [0.15, 0.2) is 127 Å². The van der Waals surface area contributed by atoms with Gasteiger partial charge in [-0.3, -0.25) is 28.8 Å². The van der Waals surface area contributed by atoms with E-state index in [9.17, 15) is 33.9 Å². The third kappa shape index (κ3) is 12.6. The minimum Gasteiger partial charge on any atom is -0.484 e. The Bertz CT molecular complexity index is 2200. The van der Waals surface area contributed by atoms with Gasteiger partial charge < -0.3 is 36.4 Å². The summed E-state index contributed by atoms with van der Waals surface area (Å²) in [5.41, 5.74) is 4.19. The van der Waals surface area contributed by atoms with Gasteiger partial charge in [0.05, 0.1) is 0 Å². The second-order valence-electron chi connectivity index (χ2n) is 14.1. The minimum atomic E-state index is -1.26. The van der Waals surface area contributed by atoms with Crippen molar-refractivity contribution in [1.82, 2.24) is 26.6 Å². The standard InChI is InChI=1S/C45H45N5O8S/c51-40-28-58-34-20-15-31(16-21-34)24-37(42(54)46-27-41(52)53)49-43(55)36(22-17-29-8-3-1-4-9-29)48-44(56)38(50-45(57)39(47-40)26-35-12-7-23-59-35)25-30-13-18-33(19-14-30)32-10-5-2-6-11-32/h1-16,18-21,23,36-39H,17,22,24-28H2,(H,46,54)(H,47,51)(H,48,56)(H,49,55)(H,50,57)(H,52,53). The molecule has 0 radical (unpaired) electrons. The number of hydrogen-bond acceptors (Lipinski definition) is 8. The van der Waals surface area contributed by atoms with Crippen LogP contribution in [0.5, 0.6) is 5.75 Å². The van der Waals surface area contributed by atoms with Crippen LogP contribution in [0.3, 0.4) is 0 Å². The van der Waals surface area contributed by atoms with Gasteiger partial charge in [-0.05, 0) is 64.2 Å². The molecule has 0 spiro atoms. The fraction of sp³-hybridized carbons (Fsp3) is 0.244. The lowest BCUT2D eigenvalue weighted by atomic mass is 9.99. The highest BCUT2D eigenvalue weighted by atomic mass is 32.1. The van der Waals surface area contributed by atoms with Crippen LogP contribution in [0.2, 0.25) is 0 Å². The number of hydrogen-bond donors (Lipinski definition) is 6. The number of thiophene rings is 1. The van der Waals surface area contributed by atoms with Crippen LogP contribution in [-0.2, 0) is 54.5 Å². The highest BCUT2D eigenvalue weighted by Gasteiger charge is 2.32. The smallest absolute Gasteiger partial charge is 0.322 e. The molecule has 14 heteroatoms. The maximum absolute atomic E-state index is 14.5. The van der Waals surface area contributed by atoms with Crippen LogP contribution in [0.4, 0.5) is 0 Å². The van der Waals surface area contributed by atoms with Crippen LogP contribution in [-0.4, -0.2) is 77.9 Å². The van der Waals surface area contributed by atoms with Crippen molar-refractivity contribution in [2.45, 2.75) is 56.3 Å². The molecule has 304 valence electrons. The normalized spacial score (nSPS) is 19.1. The second-order valence-corrected chi connectivity index (χ2v) is 15.2. The zero-order valence-corrected chi connectivity index (χ0v) is 32.9. The predicted octanol–water partition coefficient (Wildman–Crippen LogP) is 3.61. The molecule has 1 aromatic heterocycles. The number of fused-ring (bicyclic) bond motifs is 16. The summed E-state index contributed by atoms with van der Waals surface area (Å²) in [4.78, 5) is 81.7. The number of carboxylic acid groups (broad SMARTS) is 1. The lowest BCUT2D eigenvalue weighted by Crippen LogP contribution is -2.59. The van der Waals surface area contributed by atoms with Gasteiger partial charge in [0.1, 0.15) is 36.5 Å². The van der Waals surface area contributed by atoms with Crippen molar-refractivity contribution in [3.63, 3.8) is 0 Å². The van der Waals surface area contributed by atoms with Crippen LogP contribution in [0, 0.1) is 0 Å². The number of aliphatic carboxylic acids is 1. The van der Waals surface area contributed by atoms with E-state index in [1.807, 2.05) is 102 Å². The first-order valence-corrected chi connectivity index (χ1v) is 20.1. The molecule has 7 rings (SSSR count). The van der Waals surface area contributed by atoms with E-state index in [-0.39, 0.29) is 25.7 Å². The van der Waals surface area contributed by atoms with Crippen molar-refractivity contribution in [3.05, 3.63) is 148 Å². The summed E-state index contributed by atoms with van der Waals surface area (Å²) < 4.78 is 5.73. The highest BCUT2D eigenvalue weighted by molar-refractivity contribution is 7.09. The topological polar surface area (TPSA) is 192 Å². The number of carbonyl (C=O) groups excluding carboxylic acids is 5. The zero-order valence-electron chi connectivity index (χ0n) is 32.1. The maximum Gasteiger partial charge on any atom is 0.322 e. The zero-order chi connectivity index (χ0) is 41.6. The van der Waals surface area contributed by atoms with Crippen LogP contribution >= 0.6 is 11.3 Å². The van der Waals surface area contributed by atoms with Crippen molar-refractivity contribution >= 4 is 46.8 Å². The summed E-state index contributed by atoms with van der Waals surface area (Å²) in [5, 5.41) is 24.7. The monoisotopic (exact) mass is 815 g/mol. The molecule has 2 aliphatic heterocycles. The largest absolute Gasteiger partial charge is 0.484 e. The quantitative estimate of drug-likeness (QED) is 0.109. The summed E-state index contributed by atoms with van der Waals surface area (Å²) in [6, 6.07) is 32.2. The minimum absolute atomic E-state index is 0.0284. The Kier molecular flexibility index (Phi) is 14.6. The first-order chi connectivity index (χ1) is 28.6. The molecule has 0 saturated heterocycles. The van der Waals surface area contributed by atoms with Crippen LogP contribution in [0.1, 0.15) is 28.0 Å². The molecule has 2 aliphatic rings. The fourth-order valence-electron chi connectivity index (χ4n) is 6.63. The Morgan fingerprint density at radius 1 is 0.661 bits per heavy atom. The molecule has 5 aromatic rings. The van der Waals surface area contributed by atoms with E-state index in [0.717, 1.165) is 27.1 Å². The summed E-state index contributed by atoms with van der Waals surface area (Å²) in [6.07, 6.45) is 0.664. The van der Waals surface area contributed by atoms with Crippen molar-refractivity contribution in [2.75, 3.05) is 13.2 Å². The molecule has 2 bridgehead atoms. The van der Waals surface area contributed by atoms with Crippen LogP contribution < -0.4 is 31.3 Å². The van der Waals surface area contributed by atoms with E-state index in [4.69, 9.17) is 4.74 Å². The molecule has 5 amide bonds. The van der Waals surface area contributed by atoms with Gasteiger partial charge in [0.15, 0.2) is 6.61 Å². The van der Waals surface area contributed by atoms with Crippen molar-refractivity contribution in [3.8, 4) is 16.9 Å². The average molecular weight is 816 g/mol. The molecule has 0 saturated carbocycles. The van der Waals surface area contributed by atoms with Gasteiger partial charge in [-0.15, -0.1) is 11.3 Å². The van der Waals surface area contributed by atoms with Gasteiger partial charge in [-0.2, -0.15) is 0 Å². The SMILES string of the molecule is O=C(O)CNC(=O)C1Cc2ccc(cc2)OCC(=O)NC(Cc2cccs2)C(=O)NC(Cc2ccc(-c3ccccc3)cc2)C(=O)NC(CCc2ccccc2)C(=O)N1. The molecule has 59 heavy (non-hydrogen) atoms. The predicted molar refractivity (Wildman–Crippen MR) is 222 cm³/mol. The molecular formula is C45H45N5O8S. The molecule has 0 fully saturated rings. The Morgan fingerprint density at radius 2 is 1.29 bits per heavy atom. The van der Waals surface area contributed by atoms with Gasteiger partial charge in [-0.1, -0.05) is 103 Å². The van der Waals surface area contributed by atoms with E-state index in [0.29, 0.717) is 17.7 Å². The Labute approximate surface area is 345 Å². The number of carboxylic acids is 1. The summed E-state index contributed by atoms with van der Waals surface area (Å²) >= 11 is 1.42. The number of amides is 5.